The second kappa shape index (κ2) is 38.5. The highest BCUT2D eigenvalue weighted by atomic mass is 35.5. The zero-order valence-corrected chi connectivity index (χ0v) is 65.5. The number of halogens is 10. The molecule has 6 aliphatic rings. The van der Waals surface area contributed by atoms with Gasteiger partial charge in [0.15, 0.2) is 32.5 Å². The molecule has 3 aromatic heterocycles. The van der Waals surface area contributed by atoms with E-state index < -0.39 is 127 Å². The number of rotatable bonds is 23. The highest BCUT2D eigenvalue weighted by molar-refractivity contribution is 7.12. The van der Waals surface area contributed by atoms with Crippen molar-refractivity contribution in [1.29, 1.82) is 0 Å². The molecule has 600 valence electrons. The van der Waals surface area contributed by atoms with Gasteiger partial charge in [-0.15, -0.1) is 34.0 Å². The second-order valence-electron chi connectivity index (χ2n) is 26.3. The first-order valence-corrected chi connectivity index (χ1v) is 38.6. The third kappa shape index (κ3) is 22.7. The number of carbonyl (C=O) groups excluding carboxylic acids is 3. The maximum atomic E-state index is 14.8. The molecule has 25 nitrogen and oxygen atoms in total. The van der Waals surface area contributed by atoms with Crippen LogP contribution in [-0.2, 0) is 47.7 Å². The van der Waals surface area contributed by atoms with Gasteiger partial charge in [0.05, 0.1) is 62.8 Å². The lowest BCUT2D eigenvalue weighted by Crippen LogP contribution is -2.49. The zero-order chi connectivity index (χ0) is 81.6. The molecule has 0 bridgehead atoms. The van der Waals surface area contributed by atoms with Crippen molar-refractivity contribution in [2.75, 3.05) is 85.8 Å². The van der Waals surface area contributed by atoms with E-state index in [1.807, 2.05) is 5.38 Å². The van der Waals surface area contributed by atoms with Crippen molar-refractivity contribution in [2.45, 2.75) is 76.6 Å². The maximum absolute atomic E-state index is 14.8. The molecule has 0 aliphatic carbocycles. The van der Waals surface area contributed by atoms with Crippen molar-refractivity contribution < 1.29 is 93.8 Å². The number of carboxylic acids is 3. The van der Waals surface area contributed by atoms with Gasteiger partial charge in [-0.3, -0.25) is 29.7 Å². The van der Waals surface area contributed by atoms with Gasteiger partial charge < -0.3 is 50.2 Å². The minimum atomic E-state index is -3.09. The molecule has 0 saturated carbocycles. The standard InChI is InChI=1S/C26H26ClF3N4O4S.C25H26ClFN4O5S.C24H22ClF3N4O4S/c1-3-38-25(37)20-19(12-34-11-15(8-14(2)24(35)36)10-26(29,30)13-34)32-22(23-31-6-7-39-23)33-21(20)17-5-4-16(28)9-18(17)27;1-3-35-25(34)20-19(13-31-7-8-36-16(12-31)10-14(2)24(32)33)29-22(23-28-6-9-37-23)30-21(20)17-5-4-15(27)11-18(17)26;1-36-23(35)19-17(11-32-10-13(2-5-18(33)34)9-24(27,28)12-32)30-21(22-29-6-7-37-22)31-20(19)15-4-3-14(26)8-16(15)25/h4-9,15,21H,3,10-13H2,1-2H3,(H,32,33)(H,35,36);4-6,9-11,16,21H,3,7-8,12-13H2,1-2H3,(H,29,30)(H,32,33);2-8,13,20H,9-12H2,1H3,(H,30,31)(H,33,34)/b14-8+;14-10+;5-2+/t15-,21-;16-,21+;13-,20-/m010/s1. The van der Waals surface area contributed by atoms with E-state index in [9.17, 15) is 69.7 Å². The van der Waals surface area contributed by atoms with Gasteiger partial charge in [-0.1, -0.05) is 65.2 Å². The number of carbonyl (C=O) groups is 6. The molecule has 6 aliphatic heterocycles. The number of carboxylic acid groups (broad SMARTS) is 3. The minimum Gasteiger partial charge on any atom is -0.478 e. The van der Waals surface area contributed by atoms with E-state index in [1.165, 1.54) is 119 Å². The number of benzene rings is 3. The lowest BCUT2D eigenvalue weighted by molar-refractivity contribution is -0.139. The summed E-state index contributed by atoms with van der Waals surface area (Å²) in [4.78, 5) is 105. The first-order valence-electron chi connectivity index (χ1n) is 34.8. The van der Waals surface area contributed by atoms with Crippen LogP contribution in [0, 0.1) is 29.3 Å². The van der Waals surface area contributed by atoms with Crippen molar-refractivity contribution in [1.82, 2.24) is 45.6 Å². The van der Waals surface area contributed by atoms with Crippen LogP contribution in [-0.4, -0.2) is 202 Å². The van der Waals surface area contributed by atoms with Crippen LogP contribution in [0.2, 0.25) is 15.1 Å². The van der Waals surface area contributed by atoms with Crippen LogP contribution in [0.1, 0.15) is 90.4 Å². The van der Waals surface area contributed by atoms with Crippen molar-refractivity contribution in [3.05, 3.63) is 223 Å². The number of nitrogens with zero attached hydrogens (tertiary/aromatic N) is 9. The number of piperidine rings is 2. The number of methoxy groups -OCH3 is 1. The molecule has 3 saturated heterocycles. The van der Waals surface area contributed by atoms with Gasteiger partial charge in [0.1, 0.15) is 35.6 Å². The number of aliphatic carboxylic acids is 3. The Labute approximate surface area is 669 Å². The van der Waals surface area contributed by atoms with Crippen LogP contribution in [0.25, 0.3) is 0 Å². The fraction of sp³-hybridized carbons (Fsp3) is 0.360. The summed E-state index contributed by atoms with van der Waals surface area (Å²) in [5.41, 5.74) is 2.67. The Morgan fingerprint density at radius 2 is 0.947 bits per heavy atom. The van der Waals surface area contributed by atoms with E-state index in [2.05, 4.69) is 45.8 Å². The number of morpholine rings is 1. The molecule has 113 heavy (non-hydrogen) atoms. The first kappa shape index (κ1) is 85.9. The lowest BCUT2D eigenvalue weighted by atomic mass is 9.92. The largest absolute Gasteiger partial charge is 0.478 e. The number of alkyl halides is 4. The van der Waals surface area contributed by atoms with Gasteiger partial charge in [0.2, 0.25) is 0 Å². The highest BCUT2D eigenvalue weighted by Crippen LogP contribution is 2.42. The summed E-state index contributed by atoms with van der Waals surface area (Å²) in [6.07, 6.45) is 8.38. The van der Waals surface area contributed by atoms with Crippen LogP contribution >= 0.6 is 68.8 Å². The summed E-state index contributed by atoms with van der Waals surface area (Å²) < 4.78 is 122. The number of amidine groups is 3. The van der Waals surface area contributed by atoms with Crippen LogP contribution in [0.4, 0.5) is 30.7 Å². The predicted octanol–water partition coefficient (Wildman–Crippen LogP) is 12.5. The summed E-state index contributed by atoms with van der Waals surface area (Å²) in [5, 5.41) is 43.8. The molecule has 6 aromatic rings. The van der Waals surface area contributed by atoms with Crippen LogP contribution < -0.4 is 16.0 Å². The number of esters is 3. The Morgan fingerprint density at radius 1 is 0.566 bits per heavy atom. The fourth-order valence-corrected chi connectivity index (χ4v) is 15.8. The van der Waals surface area contributed by atoms with E-state index in [-0.39, 0.29) is 99.6 Å². The number of hydrogen-bond acceptors (Lipinski definition) is 25. The average Bonchev–Trinajstić information content (AvgIpc) is 1.64. The van der Waals surface area contributed by atoms with Crippen molar-refractivity contribution in [3.8, 4) is 0 Å². The van der Waals surface area contributed by atoms with E-state index in [4.69, 9.17) is 63.8 Å². The number of thiazole rings is 3. The Balaban J connectivity index is 0.000000180. The number of likely N-dealkylation sites (tertiary alicyclic amines) is 2. The van der Waals surface area contributed by atoms with Gasteiger partial charge in [0, 0.05) is 159 Å². The number of nitrogens with one attached hydrogen (secondary N) is 3. The molecule has 3 fully saturated rings. The van der Waals surface area contributed by atoms with Crippen LogP contribution in [0.15, 0.2) is 174 Å². The quantitative estimate of drug-likeness (QED) is 0.0150. The Bertz CT molecular complexity index is 4830. The second-order valence-corrected chi connectivity index (χ2v) is 30.2. The number of aliphatic imine (C=N–C) groups is 3. The number of ether oxygens (including phenoxy) is 4. The summed E-state index contributed by atoms with van der Waals surface area (Å²) in [6, 6.07) is 8.45. The summed E-state index contributed by atoms with van der Waals surface area (Å²) in [6.45, 7) is 6.88. The molecular formula is C75H74Cl3F7N12O13S3. The van der Waals surface area contributed by atoms with E-state index in [1.54, 1.807) is 49.3 Å². The van der Waals surface area contributed by atoms with E-state index in [0.29, 0.717) is 75.3 Å². The first-order chi connectivity index (χ1) is 53.8. The average molecular weight is 1690 g/mol. The Hall–Kier alpha value is -9.56. The fourth-order valence-electron chi connectivity index (χ4n) is 13.2. The summed E-state index contributed by atoms with van der Waals surface area (Å²) >= 11 is 23.0. The van der Waals surface area contributed by atoms with Crippen molar-refractivity contribution in [2.24, 2.45) is 26.8 Å². The predicted molar refractivity (Wildman–Crippen MR) is 409 cm³/mol. The maximum Gasteiger partial charge on any atom is 0.338 e. The molecule has 9 heterocycles. The van der Waals surface area contributed by atoms with Crippen LogP contribution in [0.3, 0.4) is 0 Å². The molecule has 0 radical (unpaired) electrons. The molecule has 6 atom stereocenters. The Morgan fingerprint density at radius 3 is 1.31 bits per heavy atom. The van der Waals surface area contributed by atoms with Gasteiger partial charge in [-0.25, -0.2) is 74.5 Å². The molecule has 3 aromatic carbocycles. The van der Waals surface area contributed by atoms with Crippen molar-refractivity contribution >= 4 is 122 Å². The van der Waals surface area contributed by atoms with Crippen molar-refractivity contribution in [3.63, 3.8) is 0 Å². The Kier molecular flexibility index (Phi) is 29.3. The van der Waals surface area contributed by atoms with Gasteiger partial charge >= 0.3 is 35.8 Å². The SMILES string of the molecule is CCOC(=O)C1=C(CN2CCO[C@H](/C=C(\C)C(=O)O)C2)NC(c2nccs2)=N[C@H]1c1ccc(F)cc1Cl.CCOC(=O)C1=C(CN2C[C@@H](/C=C(\C)C(=O)O)CC(F)(F)C2)NC(c2nccs2)=N[C@H]1c1ccc(F)cc1Cl.COC(=O)C1=C(CN2C[C@@H](/C=C/C(=O)O)CC(F)(F)C2)NC(c2nccs2)=N[C@H]1c1ccc(F)cc1Cl. The van der Waals surface area contributed by atoms with Gasteiger partial charge in [0.25, 0.3) is 11.8 Å². The van der Waals surface area contributed by atoms with Gasteiger partial charge in [-0.2, -0.15) is 0 Å². The normalized spacial score (nSPS) is 21.6. The third-order valence-electron chi connectivity index (χ3n) is 17.9. The van der Waals surface area contributed by atoms with Crippen LogP contribution in [0.5, 0.6) is 0 Å². The highest BCUT2D eigenvalue weighted by Gasteiger charge is 2.45. The zero-order valence-electron chi connectivity index (χ0n) is 60.8. The summed E-state index contributed by atoms with van der Waals surface area (Å²) in [7, 11) is 1.18. The molecule has 0 amide bonds. The molecule has 0 unspecified atom stereocenters. The smallest absolute Gasteiger partial charge is 0.338 e. The van der Waals surface area contributed by atoms with E-state index in [0.717, 1.165) is 18.2 Å². The lowest BCUT2D eigenvalue weighted by Gasteiger charge is -2.38. The number of hydrogen-bond donors (Lipinski definition) is 6. The topological polar surface area (TPSA) is 322 Å². The summed E-state index contributed by atoms with van der Waals surface area (Å²) in [5.74, 6) is -13.7. The molecule has 6 N–H and O–H groups in total. The monoisotopic (exact) mass is 1680 g/mol. The van der Waals surface area contributed by atoms with E-state index >= 15 is 0 Å². The molecule has 12 rings (SSSR count). The molecule has 0 spiro atoms. The molecular weight excluding hydrogens is 1610 g/mol. The minimum absolute atomic E-state index is 0.0240. The van der Waals surface area contributed by atoms with Gasteiger partial charge in [-0.05, 0) is 82.0 Å². The molecule has 38 heteroatoms. The third-order valence-corrected chi connectivity index (χ3v) is 21.2. The number of aromatic nitrogens is 3.